The maximum absolute atomic E-state index is 2.75. The minimum absolute atomic E-state index is 0.428. The van der Waals surface area contributed by atoms with E-state index >= 15 is 0 Å². The van der Waals surface area contributed by atoms with Gasteiger partial charge in [0.1, 0.15) is 0 Å². The Balaban J connectivity index is 5.35. The van der Waals surface area contributed by atoms with Crippen LogP contribution in [0.1, 0.15) is 66.7 Å². The van der Waals surface area contributed by atoms with Crippen molar-refractivity contribution in [3.8, 4) is 0 Å². The van der Waals surface area contributed by atoms with Crippen molar-refractivity contribution in [2.24, 2.45) is 0 Å². The highest BCUT2D eigenvalue weighted by Gasteiger charge is 2.45. The molecule has 19 heavy (non-hydrogen) atoms. The molecule has 0 aromatic heterocycles. The van der Waals surface area contributed by atoms with Gasteiger partial charge < -0.3 is 0 Å². The first-order valence-electron chi connectivity index (χ1n) is 8.45. The van der Waals surface area contributed by atoms with E-state index < -0.39 is 17.3 Å². The fourth-order valence-electron chi connectivity index (χ4n) is 3.28. The van der Waals surface area contributed by atoms with E-state index in [1.807, 2.05) is 0 Å². The lowest BCUT2D eigenvalue weighted by Gasteiger charge is -2.74. The molecule has 0 aliphatic heterocycles. The first-order valence-corrected chi connectivity index (χ1v) is 14.8. The van der Waals surface area contributed by atoms with Gasteiger partial charge in [0.15, 0.2) is 0 Å². The second-order valence-electron chi connectivity index (χ2n) is 7.25. The van der Waals surface area contributed by atoms with E-state index in [0.717, 1.165) is 5.25 Å². The van der Waals surface area contributed by atoms with Gasteiger partial charge in [0.05, 0.1) is 0 Å². The number of hydrogen-bond acceptors (Lipinski definition) is 0. The highest BCUT2D eigenvalue weighted by atomic mass is 33.2. The minimum atomic E-state index is -1.56. The van der Waals surface area contributed by atoms with Crippen LogP contribution < -0.4 is 0 Å². The molecule has 0 amide bonds. The summed E-state index contributed by atoms with van der Waals surface area (Å²) in [6.07, 6.45) is 15.3. The molecule has 0 radical (unpaired) electrons. The van der Waals surface area contributed by atoms with Crippen LogP contribution in [0.15, 0.2) is 0 Å². The quantitative estimate of drug-likeness (QED) is 0.366. The summed E-state index contributed by atoms with van der Waals surface area (Å²) in [4.78, 5) is 0. The molecule has 0 aliphatic carbocycles. The van der Waals surface area contributed by atoms with Crippen molar-refractivity contribution in [2.45, 2.75) is 72.0 Å². The zero-order valence-electron chi connectivity index (χ0n) is 15.1. The highest BCUT2D eigenvalue weighted by Crippen LogP contribution is 2.92. The third-order valence-corrected chi connectivity index (χ3v) is 28.4. The van der Waals surface area contributed by atoms with Gasteiger partial charge in [-0.05, 0) is 54.1 Å². The average Bonchev–Trinajstić information content (AvgIpc) is 2.41. The molecule has 0 saturated heterocycles. The molecule has 0 bridgehead atoms. The van der Waals surface area contributed by atoms with Crippen molar-refractivity contribution < 1.29 is 0 Å². The number of rotatable bonds is 10. The van der Waals surface area contributed by atoms with E-state index in [1.165, 1.54) is 49.4 Å². The Hall–Kier alpha value is 0.700. The van der Waals surface area contributed by atoms with Gasteiger partial charge in [-0.1, -0.05) is 53.9 Å². The van der Waals surface area contributed by atoms with Gasteiger partial charge in [-0.3, -0.25) is 8.19 Å². The summed E-state index contributed by atoms with van der Waals surface area (Å²) in [5.41, 5.74) is 0. The summed E-state index contributed by atoms with van der Waals surface area (Å²) in [5, 5.41) is 0.966. The largest absolute Gasteiger partial charge is 0.264 e. The van der Waals surface area contributed by atoms with Crippen LogP contribution in [0, 0.1) is 0 Å². The Morgan fingerprint density at radius 1 is 0.947 bits per heavy atom. The van der Waals surface area contributed by atoms with Crippen LogP contribution in [0.25, 0.3) is 0 Å². The lowest BCUT2D eigenvalue weighted by Crippen LogP contribution is -2.36. The zero-order chi connectivity index (χ0) is 15.2. The molecule has 2 atom stereocenters. The summed E-state index contributed by atoms with van der Waals surface area (Å²) < 4.78 is 0. The van der Waals surface area contributed by atoms with Crippen LogP contribution >= 0.6 is 17.3 Å². The number of thiol groups is 1. The molecule has 0 fully saturated rings. The van der Waals surface area contributed by atoms with Crippen molar-refractivity contribution in [3.05, 3.63) is 0 Å². The third kappa shape index (κ3) is 3.87. The molecule has 0 aromatic rings. The molecule has 0 rings (SSSR count). The second-order valence-corrected chi connectivity index (χ2v) is 23.2. The van der Waals surface area contributed by atoms with Crippen molar-refractivity contribution in [2.75, 3.05) is 36.0 Å². The van der Waals surface area contributed by atoms with Gasteiger partial charge in [-0.25, -0.2) is 9.06 Å². The molecule has 2 heteroatoms. The number of unbranched alkanes of at least 4 members (excludes halogenated alkanes) is 2. The van der Waals surface area contributed by atoms with Gasteiger partial charge in [0.25, 0.3) is 0 Å². The Morgan fingerprint density at radius 2 is 1.47 bits per heavy atom. The van der Waals surface area contributed by atoms with Gasteiger partial charge in [-0.2, -0.15) is 0 Å². The highest BCUT2D eigenvalue weighted by molar-refractivity contribution is 9.15. The van der Waals surface area contributed by atoms with Crippen molar-refractivity contribution >= 4 is 17.3 Å². The molecule has 0 heterocycles. The van der Waals surface area contributed by atoms with Crippen molar-refractivity contribution in [3.63, 3.8) is 0 Å². The van der Waals surface area contributed by atoms with Crippen LogP contribution in [-0.4, -0.2) is 41.3 Å². The Morgan fingerprint density at radius 3 is 1.84 bits per heavy atom. The molecule has 0 saturated carbocycles. The van der Waals surface area contributed by atoms with Crippen LogP contribution in [0.2, 0.25) is 0 Å². The first kappa shape index (κ1) is 19.7. The Labute approximate surface area is 125 Å². The van der Waals surface area contributed by atoms with Gasteiger partial charge in [0.2, 0.25) is 0 Å². The Bertz CT molecular complexity index is 260. The zero-order valence-corrected chi connectivity index (χ0v) is 16.8. The van der Waals surface area contributed by atoms with E-state index in [4.69, 9.17) is 0 Å². The summed E-state index contributed by atoms with van der Waals surface area (Å²) in [6.45, 7) is 12.2. The van der Waals surface area contributed by atoms with Crippen molar-refractivity contribution in [1.82, 2.24) is 0 Å². The van der Waals surface area contributed by atoms with E-state index in [-0.39, 0.29) is 0 Å². The predicted octanol–water partition coefficient (Wildman–Crippen LogP) is 6.09. The molecule has 0 aromatic carbocycles. The van der Waals surface area contributed by atoms with E-state index in [0.29, 0.717) is 0 Å². The fraction of sp³-hybridized carbons (Fsp3) is 1.00. The van der Waals surface area contributed by atoms with Crippen molar-refractivity contribution in [1.29, 1.82) is 0 Å². The van der Waals surface area contributed by atoms with Crippen LogP contribution in [-0.2, 0) is 0 Å². The summed E-state index contributed by atoms with van der Waals surface area (Å²) in [6, 6.07) is 0. The molecule has 0 N–H and O–H groups in total. The lowest BCUT2D eigenvalue weighted by atomic mass is 10.2. The fourth-order valence-corrected chi connectivity index (χ4v) is 18.6. The summed E-state index contributed by atoms with van der Waals surface area (Å²) >= 11 is 0. The third-order valence-electron chi connectivity index (χ3n) is 6.30. The maximum Gasteiger partial charge on any atom is -0.0171 e. The average molecular weight is 311 g/mol. The number of hydrogen-bond donors (Lipinski definition) is 1. The maximum atomic E-state index is 2.75. The molecule has 2 unspecified atom stereocenters. The topological polar surface area (TPSA) is 0 Å². The van der Waals surface area contributed by atoms with E-state index in [9.17, 15) is 0 Å². The monoisotopic (exact) mass is 310 g/mol. The summed E-state index contributed by atoms with van der Waals surface area (Å²) in [7, 11) is -1.99. The standard InChI is InChI=1S/C17H42S2/c1-9-13-15-17(5)19(7,8,12-4)18(6,11-3)16-14-10-2/h17,19H,9-16H2,1-8H3. The smallest absolute Gasteiger partial charge is 0.0171 e. The first-order chi connectivity index (χ1) is 8.71. The van der Waals surface area contributed by atoms with Crippen LogP contribution in [0.4, 0.5) is 0 Å². The molecular formula is C17H42S2. The molecule has 0 aliphatic rings. The van der Waals surface area contributed by atoms with Gasteiger partial charge in [0, 0.05) is 0 Å². The minimum Gasteiger partial charge on any atom is -0.264 e. The normalized spacial score (nSPS) is 21.2. The summed E-state index contributed by atoms with van der Waals surface area (Å²) in [5.74, 6) is 4.43. The predicted molar refractivity (Wildman–Crippen MR) is 104 cm³/mol. The second kappa shape index (κ2) is 7.64. The van der Waals surface area contributed by atoms with Crippen LogP contribution in [0.5, 0.6) is 0 Å². The molecular weight excluding hydrogens is 268 g/mol. The lowest BCUT2D eigenvalue weighted by molar-refractivity contribution is 0.707. The molecule has 0 spiro atoms. The van der Waals surface area contributed by atoms with E-state index in [2.05, 4.69) is 53.4 Å². The molecule has 0 nitrogen and oxygen atoms in total. The van der Waals surface area contributed by atoms with E-state index in [1.54, 1.807) is 0 Å². The van der Waals surface area contributed by atoms with Gasteiger partial charge in [-0.15, -0.1) is 0 Å². The van der Waals surface area contributed by atoms with Gasteiger partial charge >= 0.3 is 0 Å². The SMILES string of the molecule is CCCCC(C)[SH](C)(C)(CC)S(C)(CC)CCCC. The van der Waals surface area contributed by atoms with Crippen LogP contribution in [0.3, 0.4) is 0 Å². The molecule has 122 valence electrons. The Kier molecular flexibility index (Phi) is 7.92.